The molecule has 0 aliphatic carbocycles. The molecule has 0 radical (unpaired) electrons. The summed E-state index contributed by atoms with van der Waals surface area (Å²) in [4.78, 5) is 13.8. The maximum atomic E-state index is 11.7. The van der Waals surface area contributed by atoms with Gasteiger partial charge in [0.25, 0.3) is 5.91 Å². The highest BCUT2D eigenvalue weighted by Crippen LogP contribution is 2.17. The summed E-state index contributed by atoms with van der Waals surface area (Å²) < 4.78 is 5.57. The van der Waals surface area contributed by atoms with Gasteiger partial charge in [0.1, 0.15) is 11.3 Å². The molecule has 1 aliphatic heterocycles. The molecule has 1 aliphatic rings. The third-order valence-electron chi connectivity index (χ3n) is 3.39. The number of carbonyl (C=O) groups is 1. The Hall–Kier alpha value is -2.14. The second kappa shape index (κ2) is 5.88. The molecule has 0 spiro atoms. The zero-order valence-corrected chi connectivity index (χ0v) is 11.2. The van der Waals surface area contributed by atoms with Crippen molar-refractivity contribution in [1.29, 1.82) is 0 Å². The number of hydrazone groups is 1. The van der Waals surface area contributed by atoms with Gasteiger partial charge >= 0.3 is 0 Å². The number of furan rings is 1. The number of nitrogens with one attached hydrogen (secondary N) is 1. The van der Waals surface area contributed by atoms with Gasteiger partial charge in [0.2, 0.25) is 0 Å². The van der Waals surface area contributed by atoms with Crippen LogP contribution in [0.5, 0.6) is 0 Å². The van der Waals surface area contributed by atoms with Crippen LogP contribution in [0.4, 0.5) is 0 Å². The molecular formula is C15H17N3O2. The molecule has 1 amide bonds. The van der Waals surface area contributed by atoms with Crippen LogP contribution in [0.2, 0.25) is 0 Å². The van der Waals surface area contributed by atoms with Gasteiger partial charge in [0.05, 0.1) is 12.8 Å². The predicted molar refractivity (Wildman–Crippen MR) is 77.6 cm³/mol. The number of carbonyl (C=O) groups excluding carboxylic acids is 1. The van der Waals surface area contributed by atoms with Gasteiger partial charge in [0, 0.05) is 5.39 Å². The molecule has 1 saturated heterocycles. The molecule has 1 N–H and O–H groups in total. The maximum absolute atomic E-state index is 11.7. The standard InChI is InChI=1S/C15H17N3O2/c19-15(11-18-7-3-4-8-18)17-16-10-13-9-12-5-1-2-6-14(12)20-13/h1-2,5-6,9-10H,3-4,7-8,11H2,(H,17,19)/b16-10+. The minimum absolute atomic E-state index is 0.0840. The fourth-order valence-corrected chi connectivity index (χ4v) is 2.41. The average molecular weight is 271 g/mol. The van der Waals surface area contributed by atoms with Crippen molar-refractivity contribution < 1.29 is 9.21 Å². The number of amides is 1. The number of rotatable bonds is 4. The van der Waals surface area contributed by atoms with Crippen molar-refractivity contribution in [3.63, 3.8) is 0 Å². The molecule has 5 nitrogen and oxygen atoms in total. The Labute approximate surface area is 117 Å². The zero-order chi connectivity index (χ0) is 13.8. The molecule has 0 saturated carbocycles. The number of benzene rings is 1. The minimum Gasteiger partial charge on any atom is -0.455 e. The second-order valence-corrected chi connectivity index (χ2v) is 4.96. The van der Waals surface area contributed by atoms with Crippen LogP contribution in [0.3, 0.4) is 0 Å². The van der Waals surface area contributed by atoms with Crippen LogP contribution in [-0.4, -0.2) is 36.7 Å². The first-order valence-electron chi connectivity index (χ1n) is 6.84. The Morgan fingerprint density at radius 2 is 2.15 bits per heavy atom. The van der Waals surface area contributed by atoms with Crippen molar-refractivity contribution in [2.24, 2.45) is 5.10 Å². The number of hydrogen-bond donors (Lipinski definition) is 1. The summed E-state index contributed by atoms with van der Waals surface area (Å²) in [5.74, 6) is 0.548. The summed E-state index contributed by atoms with van der Waals surface area (Å²) in [5, 5.41) is 4.96. The van der Waals surface area contributed by atoms with Crippen LogP contribution in [-0.2, 0) is 4.79 Å². The van der Waals surface area contributed by atoms with Crippen LogP contribution in [0, 0.1) is 0 Å². The molecule has 5 heteroatoms. The van der Waals surface area contributed by atoms with Gasteiger partial charge < -0.3 is 4.42 Å². The quantitative estimate of drug-likeness (QED) is 0.683. The number of likely N-dealkylation sites (tertiary alicyclic amines) is 1. The molecule has 104 valence electrons. The summed E-state index contributed by atoms with van der Waals surface area (Å²) in [5.41, 5.74) is 3.35. The Balaban J connectivity index is 1.55. The number of nitrogens with zero attached hydrogens (tertiary/aromatic N) is 2. The van der Waals surface area contributed by atoms with E-state index in [2.05, 4.69) is 15.4 Å². The third-order valence-corrected chi connectivity index (χ3v) is 3.39. The first kappa shape index (κ1) is 12.9. The molecule has 3 rings (SSSR count). The van der Waals surface area contributed by atoms with Crippen LogP contribution >= 0.6 is 0 Å². The lowest BCUT2D eigenvalue weighted by Gasteiger charge is -2.11. The van der Waals surface area contributed by atoms with Crippen molar-refractivity contribution in [2.45, 2.75) is 12.8 Å². The number of hydrogen-bond acceptors (Lipinski definition) is 4. The highest BCUT2D eigenvalue weighted by molar-refractivity contribution is 5.87. The molecule has 0 unspecified atom stereocenters. The first-order chi connectivity index (χ1) is 9.81. The summed E-state index contributed by atoms with van der Waals surface area (Å²) in [6, 6.07) is 9.65. The van der Waals surface area contributed by atoms with Gasteiger partial charge in [-0.05, 0) is 38.1 Å². The van der Waals surface area contributed by atoms with Crippen molar-refractivity contribution in [1.82, 2.24) is 10.3 Å². The maximum Gasteiger partial charge on any atom is 0.254 e. The van der Waals surface area contributed by atoms with Crippen LogP contribution < -0.4 is 5.43 Å². The molecule has 20 heavy (non-hydrogen) atoms. The molecule has 1 aromatic heterocycles. The molecule has 0 atom stereocenters. The van der Waals surface area contributed by atoms with Crippen molar-refractivity contribution in [3.05, 3.63) is 36.1 Å². The summed E-state index contributed by atoms with van der Waals surface area (Å²) in [6.07, 6.45) is 3.88. The fraction of sp³-hybridized carbons (Fsp3) is 0.333. The Bertz CT molecular complexity index is 594. The van der Waals surface area contributed by atoms with E-state index in [-0.39, 0.29) is 5.91 Å². The highest BCUT2D eigenvalue weighted by Gasteiger charge is 2.14. The topological polar surface area (TPSA) is 57.8 Å². The molecule has 1 fully saturated rings. The van der Waals surface area contributed by atoms with E-state index in [1.807, 2.05) is 30.3 Å². The molecular weight excluding hydrogens is 254 g/mol. The highest BCUT2D eigenvalue weighted by atomic mass is 16.3. The average Bonchev–Trinajstić information content (AvgIpc) is 3.07. The normalized spacial score (nSPS) is 16.2. The minimum atomic E-state index is -0.0840. The van der Waals surface area contributed by atoms with Crippen molar-refractivity contribution in [3.8, 4) is 0 Å². The monoisotopic (exact) mass is 271 g/mol. The molecule has 1 aromatic carbocycles. The largest absolute Gasteiger partial charge is 0.455 e. The van der Waals surface area contributed by atoms with E-state index in [0.29, 0.717) is 12.3 Å². The summed E-state index contributed by atoms with van der Waals surface area (Å²) in [7, 11) is 0. The van der Waals surface area contributed by atoms with E-state index in [0.717, 1.165) is 24.1 Å². The fourth-order valence-electron chi connectivity index (χ4n) is 2.41. The van der Waals surface area contributed by atoms with E-state index in [1.54, 1.807) is 0 Å². The zero-order valence-electron chi connectivity index (χ0n) is 11.2. The van der Waals surface area contributed by atoms with Crippen molar-refractivity contribution >= 4 is 23.1 Å². The van der Waals surface area contributed by atoms with E-state index in [1.165, 1.54) is 19.1 Å². The second-order valence-electron chi connectivity index (χ2n) is 4.96. The van der Waals surface area contributed by atoms with Gasteiger partial charge in [-0.2, -0.15) is 5.10 Å². The van der Waals surface area contributed by atoms with Gasteiger partial charge in [-0.3, -0.25) is 9.69 Å². The van der Waals surface area contributed by atoms with E-state index in [4.69, 9.17) is 4.42 Å². The lowest BCUT2D eigenvalue weighted by molar-refractivity contribution is -0.121. The number of fused-ring (bicyclic) bond motifs is 1. The van der Waals surface area contributed by atoms with Gasteiger partial charge in [-0.25, -0.2) is 5.43 Å². The van der Waals surface area contributed by atoms with Crippen molar-refractivity contribution in [2.75, 3.05) is 19.6 Å². The van der Waals surface area contributed by atoms with Gasteiger partial charge in [-0.1, -0.05) is 18.2 Å². The Morgan fingerprint density at radius 1 is 1.35 bits per heavy atom. The van der Waals surface area contributed by atoms with E-state index >= 15 is 0 Å². The van der Waals surface area contributed by atoms with Crippen LogP contribution in [0.15, 0.2) is 39.9 Å². The summed E-state index contributed by atoms with van der Waals surface area (Å²) >= 11 is 0. The molecule has 2 heterocycles. The van der Waals surface area contributed by atoms with E-state index in [9.17, 15) is 4.79 Å². The van der Waals surface area contributed by atoms with Gasteiger partial charge in [-0.15, -0.1) is 0 Å². The Morgan fingerprint density at radius 3 is 2.95 bits per heavy atom. The third kappa shape index (κ3) is 3.05. The van der Waals surface area contributed by atoms with Crippen LogP contribution in [0.1, 0.15) is 18.6 Å². The molecule has 0 bridgehead atoms. The smallest absolute Gasteiger partial charge is 0.254 e. The first-order valence-corrected chi connectivity index (χ1v) is 6.84. The Kier molecular flexibility index (Phi) is 3.78. The van der Waals surface area contributed by atoms with Gasteiger partial charge in [0.15, 0.2) is 0 Å². The molecule has 2 aromatic rings. The lowest BCUT2D eigenvalue weighted by atomic mass is 10.2. The number of para-hydroxylation sites is 1. The van der Waals surface area contributed by atoms with E-state index < -0.39 is 0 Å². The SMILES string of the molecule is O=C(CN1CCCC1)N/N=C/c1cc2ccccc2o1. The summed E-state index contributed by atoms with van der Waals surface area (Å²) in [6.45, 7) is 2.42. The van der Waals surface area contributed by atoms with Crippen LogP contribution in [0.25, 0.3) is 11.0 Å². The lowest BCUT2D eigenvalue weighted by Crippen LogP contribution is -2.33. The predicted octanol–water partition coefficient (Wildman–Crippen LogP) is 1.98.